The summed E-state index contributed by atoms with van der Waals surface area (Å²) in [5, 5.41) is 6.38. The number of aromatic amines is 1. The fourth-order valence-electron chi connectivity index (χ4n) is 3.38. The van der Waals surface area contributed by atoms with E-state index in [0.717, 1.165) is 11.3 Å². The lowest BCUT2D eigenvalue weighted by molar-refractivity contribution is 0.0522. The predicted octanol–water partition coefficient (Wildman–Crippen LogP) is 4.20. The lowest BCUT2D eigenvalue weighted by atomic mass is 10.1. The summed E-state index contributed by atoms with van der Waals surface area (Å²) in [5.74, 6) is 0.388. The molecule has 0 aliphatic rings. The lowest BCUT2D eigenvalue weighted by Gasteiger charge is -2.15. The third-order valence-corrected chi connectivity index (χ3v) is 4.91. The van der Waals surface area contributed by atoms with Crippen LogP contribution in [0.25, 0.3) is 11.1 Å². The molecular weight excluding hydrogens is 426 g/mol. The molecule has 10 nitrogen and oxygen atoms in total. The van der Waals surface area contributed by atoms with E-state index in [1.807, 2.05) is 6.92 Å². The van der Waals surface area contributed by atoms with Gasteiger partial charge in [0.2, 0.25) is 5.95 Å². The topological polar surface area (TPSA) is 131 Å². The van der Waals surface area contributed by atoms with Crippen molar-refractivity contribution in [2.45, 2.75) is 20.8 Å². The van der Waals surface area contributed by atoms with Crippen LogP contribution in [0.15, 0.2) is 45.7 Å². The number of oxazole rings is 1. The number of nitrogens with one attached hydrogen (secondary N) is 3. The molecule has 2 aromatic carbocycles. The van der Waals surface area contributed by atoms with Crippen LogP contribution >= 0.6 is 0 Å². The monoisotopic (exact) mass is 449 g/mol. The van der Waals surface area contributed by atoms with Crippen molar-refractivity contribution in [3.05, 3.63) is 63.8 Å². The second-order valence-corrected chi connectivity index (χ2v) is 7.29. The van der Waals surface area contributed by atoms with Crippen molar-refractivity contribution >= 4 is 40.2 Å². The number of hydrogen-bond donors (Lipinski definition) is 3. The highest BCUT2D eigenvalue weighted by Gasteiger charge is 2.18. The first-order valence-corrected chi connectivity index (χ1v) is 10.2. The van der Waals surface area contributed by atoms with Crippen molar-refractivity contribution in [3.8, 4) is 5.75 Å². The summed E-state index contributed by atoms with van der Waals surface area (Å²) in [6, 6.07) is 8.74. The van der Waals surface area contributed by atoms with Gasteiger partial charge in [-0.1, -0.05) is 0 Å². The zero-order valence-corrected chi connectivity index (χ0v) is 18.6. The summed E-state index contributed by atoms with van der Waals surface area (Å²) in [5.41, 5.74) is 4.34. The van der Waals surface area contributed by atoms with Gasteiger partial charge in [0.25, 0.3) is 0 Å². The maximum atomic E-state index is 12.3. The van der Waals surface area contributed by atoms with Crippen LogP contribution in [0.5, 0.6) is 5.75 Å². The molecular formula is C23H23N5O5. The molecule has 0 unspecified atom stereocenters. The summed E-state index contributed by atoms with van der Waals surface area (Å²) in [6.45, 7) is 5.71. The van der Waals surface area contributed by atoms with Crippen LogP contribution in [0.2, 0.25) is 0 Å². The Morgan fingerprint density at radius 2 is 1.94 bits per heavy atom. The van der Waals surface area contributed by atoms with E-state index in [9.17, 15) is 9.59 Å². The van der Waals surface area contributed by atoms with Crippen molar-refractivity contribution in [1.82, 2.24) is 15.0 Å². The van der Waals surface area contributed by atoms with Crippen molar-refractivity contribution in [2.24, 2.45) is 0 Å². The number of ether oxygens (including phenoxy) is 2. The van der Waals surface area contributed by atoms with E-state index < -0.39 is 11.7 Å². The number of nitrogens with zero attached hydrogens (tertiary/aromatic N) is 2. The molecule has 0 amide bonds. The minimum absolute atomic E-state index is 0.276. The van der Waals surface area contributed by atoms with Crippen molar-refractivity contribution in [1.29, 1.82) is 0 Å². The van der Waals surface area contributed by atoms with E-state index in [4.69, 9.17) is 13.9 Å². The van der Waals surface area contributed by atoms with E-state index >= 15 is 0 Å². The minimum atomic E-state index is -0.508. The normalized spacial score (nSPS) is 10.8. The Morgan fingerprint density at radius 1 is 1.12 bits per heavy atom. The van der Waals surface area contributed by atoms with Crippen LogP contribution < -0.4 is 21.1 Å². The second-order valence-electron chi connectivity index (χ2n) is 7.29. The van der Waals surface area contributed by atoms with E-state index in [1.165, 1.54) is 7.11 Å². The average Bonchev–Trinajstić information content (AvgIpc) is 3.15. The Morgan fingerprint density at radius 3 is 2.70 bits per heavy atom. The first-order valence-electron chi connectivity index (χ1n) is 10.2. The Hall–Kier alpha value is -4.34. The molecule has 4 aromatic rings. The van der Waals surface area contributed by atoms with Crippen LogP contribution in [0.1, 0.15) is 28.4 Å². The lowest BCUT2D eigenvalue weighted by Crippen LogP contribution is -2.10. The average molecular weight is 449 g/mol. The van der Waals surface area contributed by atoms with Gasteiger partial charge in [0.15, 0.2) is 5.58 Å². The molecule has 170 valence electrons. The van der Waals surface area contributed by atoms with Gasteiger partial charge in [-0.05, 0) is 50.6 Å². The number of anilines is 4. The Bertz CT molecular complexity index is 1390. The first kappa shape index (κ1) is 21.9. The Kier molecular flexibility index (Phi) is 5.99. The summed E-state index contributed by atoms with van der Waals surface area (Å²) in [4.78, 5) is 35.2. The highest BCUT2D eigenvalue weighted by Crippen LogP contribution is 2.30. The third kappa shape index (κ3) is 4.64. The van der Waals surface area contributed by atoms with Gasteiger partial charge >= 0.3 is 11.7 Å². The number of benzene rings is 2. The maximum Gasteiger partial charge on any atom is 0.417 e. The number of hydrogen-bond acceptors (Lipinski definition) is 9. The molecule has 0 aliphatic heterocycles. The molecule has 2 aromatic heterocycles. The summed E-state index contributed by atoms with van der Waals surface area (Å²) >= 11 is 0. The second kappa shape index (κ2) is 9.03. The predicted molar refractivity (Wildman–Crippen MR) is 124 cm³/mol. The molecule has 0 fully saturated rings. The van der Waals surface area contributed by atoms with E-state index in [1.54, 1.807) is 50.4 Å². The zero-order valence-electron chi connectivity index (χ0n) is 18.6. The molecule has 0 radical (unpaired) electrons. The molecule has 4 rings (SSSR count). The van der Waals surface area contributed by atoms with Gasteiger partial charge in [-0.25, -0.2) is 14.6 Å². The van der Waals surface area contributed by atoms with Crippen LogP contribution in [0.4, 0.5) is 23.1 Å². The van der Waals surface area contributed by atoms with Crippen LogP contribution in [0.3, 0.4) is 0 Å². The molecule has 0 aliphatic carbocycles. The molecule has 0 saturated heterocycles. The fraction of sp³-hybridized carbons (Fsp3) is 0.217. The Labute approximate surface area is 189 Å². The summed E-state index contributed by atoms with van der Waals surface area (Å²) < 4.78 is 15.6. The number of H-pyrrole nitrogens is 1. The standard InChI is InChI=1S/C23H23N5O5/c1-5-32-21(29)19-12(2)8-15(10-18(19)31-4)26-22-24-11-13(3)20(28-22)25-14-6-7-17-16(9-14)27-23(30)33-17/h6-11H,5H2,1-4H3,(H,27,30)(H2,24,25,26,28). The number of carbonyl (C=O) groups excluding carboxylic acids is 1. The molecule has 3 N–H and O–H groups in total. The van der Waals surface area contributed by atoms with Gasteiger partial charge in [-0.15, -0.1) is 0 Å². The number of fused-ring (bicyclic) bond motifs is 1. The maximum absolute atomic E-state index is 12.3. The van der Waals surface area contributed by atoms with Gasteiger partial charge in [0.05, 0.1) is 19.2 Å². The van der Waals surface area contributed by atoms with Crippen molar-refractivity contribution < 1.29 is 18.7 Å². The highest BCUT2D eigenvalue weighted by molar-refractivity contribution is 5.95. The van der Waals surface area contributed by atoms with Crippen LogP contribution in [-0.2, 0) is 4.74 Å². The smallest absolute Gasteiger partial charge is 0.417 e. The number of methoxy groups -OCH3 is 1. The number of rotatable bonds is 7. The first-order chi connectivity index (χ1) is 15.9. The van der Waals surface area contributed by atoms with E-state index in [-0.39, 0.29) is 6.61 Å². The third-order valence-electron chi connectivity index (χ3n) is 4.91. The van der Waals surface area contributed by atoms with Crippen LogP contribution in [-0.4, -0.2) is 34.6 Å². The van der Waals surface area contributed by atoms with Gasteiger partial charge in [-0.3, -0.25) is 4.98 Å². The molecule has 0 spiro atoms. The van der Waals surface area contributed by atoms with Crippen molar-refractivity contribution in [2.75, 3.05) is 24.4 Å². The van der Waals surface area contributed by atoms with E-state index in [0.29, 0.717) is 45.4 Å². The number of esters is 1. The van der Waals surface area contributed by atoms with Gasteiger partial charge in [-0.2, -0.15) is 4.98 Å². The van der Waals surface area contributed by atoms with Crippen molar-refractivity contribution in [3.63, 3.8) is 0 Å². The highest BCUT2D eigenvalue weighted by atomic mass is 16.5. The molecule has 0 atom stereocenters. The zero-order chi connectivity index (χ0) is 23.5. The largest absolute Gasteiger partial charge is 0.496 e. The molecule has 33 heavy (non-hydrogen) atoms. The van der Waals surface area contributed by atoms with E-state index in [2.05, 4.69) is 25.6 Å². The number of carbonyl (C=O) groups is 1. The van der Waals surface area contributed by atoms with Gasteiger partial charge in [0, 0.05) is 29.2 Å². The molecule has 0 bridgehead atoms. The molecule has 0 saturated carbocycles. The quantitative estimate of drug-likeness (QED) is 0.355. The molecule has 2 heterocycles. The SMILES string of the molecule is CCOC(=O)c1c(C)cc(Nc2ncc(C)c(Nc3ccc4oc(=O)[nH]c4c3)n2)cc1OC. The summed E-state index contributed by atoms with van der Waals surface area (Å²) in [6.07, 6.45) is 1.69. The van der Waals surface area contributed by atoms with Crippen LogP contribution in [0, 0.1) is 13.8 Å². The fourth-order valence-corrected chi connectivity index (χ4v) is 3.38. The number of aryl methyl sites for hydroxylation is 2. The van der Waals surface area contributed by atoms with Gasteiger partial charge < -0.3 is 24.5 Å². The Balaban J connectivity index is 1.60. The summed E-state index contributed by atoms with van der Waals surface area (Å²) in [7, 11) is 1.50. The minimum Gasteiger partial charge on any atom is -0.496 e. The number of aromatic nitrogens is 3. The molecule has 10 heteroatoms. The van der Waals surface area contributed by atoms with Gasteiger partial charge in [0.1, 0.15) is 17.1 Å².